The van der Waals surface area contributed by atoms with E-state index < -0.39 is 0 Å². The smallest absolute Gasteiger partial charge is 1.00 e. The standard InChI is InChI=1S/3CHNS.Au.K.H/c3*2-1-3;;;/h3*3H;;;/q;;;;+1;-1. The van der Waals surface area contributed by atoms with Crippen LogP contribution in [0.4, 0.5) is 0 Å². The largest absolute Gasteiger partial charge is 1.00 e. The molecule has 0 aromatic heterocycles. The summed E-state index contributed by atoms with van der Waals surface area (Å²) >= 11 is 9.28. The predicted octanol–water partition coefficient (Wildman–Crippen LogP) is -1.69. The summed E-state index contributed by atoms with van der Waals surface area (Å²) in [5.74, 6) is 0. The molecule has 0 aliphatic carbocycles. The number of thiocyanates is 3. The molecule has 0 saturated heterocycles. The van der Waals surface area contributed by atoms with Gasteiger partial charge in [0.2, 0.25) is 0 Å². The van der Waals surface area contributed by atoms with Gasteiger partial charge in [-0.05, 0) is 0 Å². The topological polar surface area (TPSA) is 71.4 Å². The maximum absolute atomic E-state index is 7.18. The van der Waals surface area contributed by atoms with E-state index in [1.165, 1.54) is 16.2 Å². The van der Waals surface area contributed by atoms with Crippen molar-refractivity contribution in [2.75, 3.05) is 0 Å². The Hall–Kier alpha value is 1.90. The van der Waals surface area contributed by atoms with Crippen LogP contribution in [-0.4, -0.2) is 0 Å². The monoisotopic (exact) mass is 414 g/mol. The maximum atomic E-state index is 7.18. The Labute approximate surface area is 142 Å². The van der Waals surface area contributed by atoms with Crippen molar-refractivity contribution in [3.63, 3.8) is 0 Å². The Morgan fingerprint density at radius 1 is 0.818 bits per heavy atom. The molecule has 0 aliphatic heterocycles. The second-order valence-electron chi connectivity index (χ2n) is 0.300. The summed E-state index contributed by atoms with van der Waals surface area (Å²) in [4.78, 5) is 0. The van der Waals surface area contributed by atoms with E-state index in [0.29, 0.717) is 0 Å². The number of hydrogen-bond donors (Lipinski definition) is 3. The minimum Gasteiger partial charge on any atom is -1.00 e. The van der Waals surface area contributed by atoms with E-state index in [9.17, 15) is 0 Å². The molecule has 0 aliphatic rings. The maximum Gasteiger partial charge on any atom is 1.00 e. The van der Waals surface area contributed by atoms with Crippen LogP contribution in [0.5, 0.6) is 0 Å². The zero-order valence-corrected chi connectivity index (χ0v) is 13.5. The van der Waals surface area contributed by atoms with Crippen molar-refractivity contribution in [1.29, 1.82) is 15.8 Å². The molecular formula is C3H4AuKN3S3. The van der Waals surface area contributed by atoms with Gasteiger partial charge in [-0.25, -0.2) is 0 Å². The predicted molar refractivity (Wildman–Crippen MR) is 44.9 cm³/mol. The first kappa shape index (κ1) is 29.3. The molecule has 0 N–H and O–H groups in total. The van der Waals surface area contributed by atoms with Gasteiger partial charge >= 0.3 is 51.4 Å². The molecule has 0 unspecified atom stereocenters. The molecule has 0 bridgehead atoms. The molecule has 0 amide bonds. The van der Waals surface area contributed by atoms with Gasteiger partial charge in [-0.3, -0.25) is 0 Å². The number of thiol groups is 3. The van der Waals surface area contributed by atoms with Gasteiger partial charge < -0.3 is 1.43 Å². The van der Waals surface area contributed by atoms with Gasteiger partial charge in [-0.2, -0.15) is 15.8 Å². The first-order valence-electron chi connectivity index (χ1n) is 1.34. The molecule has 0 aromatic rings. The molecule has 0 spiro atoms. The number of rotatable bonds is 0. The van der Waals surface area contributed by atoms with Crippen LogP contribution in [-0.2, 0) is 22.4 Å². The van der Waals surface area contributed by atoms with Gasteiger partial charge in [-0.1, -0.05) is 37.9 Å². The molecule has 8 heteroatoms. The fraction of sp³-hybridized carbons (Fsp3) is 0. The summed E-state index contributed by atoms with van der Waals surface area (Å²) < 4.78 is 0. The number of nitrogens with zero attached hydrogens (tertiary/aromatic N) is 3. The summed E-state index contributed by atoms with van der Waals surface area (Å²) in [6.45, 7) is 0. The van der Waals surface area contributed by atoms with Crippen molar-refractivity contribution in [3.8, 4) is 16.2 Å². The van der Waals surface area contributed by atoms with Crippen LogP contribution in [0.3, 0.4) is 0 Å². The molecule has 0 fully saturated rings. The molecule has 0 saturated carbocycles. The number of hydrogen-bond acceptors (Lipinski definition) is 6. The first-order valence-corrected chi connectivity index (χ1v) is 2.68. The zero-order chi connectivity index (χ0) is 8.12. The quantitative estimate of drug-likeness (QED) is 0.252. The molecule has 1 radical (unpaired) electrons. The van der Waals surface area contributed by atoms with Crippen molar-refractivity contribution in [1.82, 2.24) is 0 Å². The Kier molecular flexibility index (Phi) is 157. The summed E-state index contributed by atoms with van der Waals surface area (Å²) in [7, 11) is 0. The molecule has 0 rings (SSSR count). The zero-order valence-electron chi connectivity index (χ0n) is 6.48. The normalized spacial score (nSPS) is 2.18. The van der Waals surface area contributed by atoms with Crippen LogP contribution >= 0.6 is 37.9 Å². The molecule has 11 heavy (non-hydrogen) atoms. The third-order valence-corrected chi connectivity index (χ3v) is 0. The molecular weight excluding hydrogens is 410 g/mol. The van der Waals surface area contributed by atoms with Crippen LogP contribution in [0.2, 0.25) is 0 Å². The summed E-state index contributed by atoms with van der Waals surface area (Å²) in [5.41, 5.74) is 0. The van der Waals surface area contributed by atoms with Gasteiger partial charge in [0.15, 0.2) is 0 Å². The Balaban J connectivity index is -0.00000001000. The SMILES string of the molecule is N#CS.N#CS.N#CS.[Au].[H-].[K+]. The van der Waals surface area contributed by atoms with E-state index in [4.69, 9.17) is 15.8 Å². The van der Waals surface area contributed by atoms with E-state index >= 15 is 0 Å². The van der Waals surface area contributed by atoms with Crippen LogP contribution in [0, 0.1) is 32.0 Å². The third-order valence-electron chi connectivity index (χ3n) is 0. The number of nitriles is 3. The fourth-order valence-electron chi connectivity index (χ4n) is 0. The first-order chi connectivity index (χ1) is 4.24. The summed E-state index contributed by atoms with van der Waals surface area (Å²) in [5, 5.41) is 25.9. The minimum absolute atomic E-state index is 0. The molecule has 0 heterocycles. The average molecular weight is 414 g/mol. The summed E-state index contributed by atoms with van der Waals surface area (Å²) in [6.07, 6.45) is 0. The summed E-state index contributed by atoms with van der Waals surface area (Å²) in [6, 6.07) is 0. The Morgan fingerprint density at radius 2 is 0.818 bits per heavy atom. The third kappa shape index (κ3) is 324. The van der Waals surface area contributed by atoms with E-state index in [1.54, 1.807) is 0 Å². The fourth-order valence-corrected chi connectivity index (χ4v) is 0. The van der Waals surface area contributed by atoms with Gasteiger partial charge in [0.25, 0.3) is 0 Å². The molecule has 3 nitrogen and oxygen atoms in total. The van der Waals surface area contributed by atoms with Crippen molar-refractivity contribution in [3.05, 3.63) is 0 Å². The van der Waals surface area contributed by atoms with Gasteiger partial charge in [0, 0.05) is 22.4 Å². The van der Waals surface area contributed by atoms with E-state index in [0.717, 1.165) is 0 Å². The van der Waals surface area contributed by atoms with Crippen LogP contribution in [0.1, 0.15) is 1.43 Å². The van der Waals surface area contributed by atoms with Crippen molar-refractivity contribution >= 4 is 37.9 Å². The second kappa shape index (κ2) is 58.9. The van der Waals surface area contributed by atoms with Gasteiger partial charge in [-0.15, -0.1) is 0 Å². The molecule has 0 aromatic carbocycles. The van der Waals surface area contributed by atoms with Crippen molar-refractivity contribution in [2.45, 2.75) is 0 Å². The second-order valence-corrected chi connectivity index (χ2v) is 0.900. The van der Waals surface area contributed by atoms with Crippen LogP contribution in [0.15, 0.2) is 0 Å². The Bertz CT molecular complexity index is 122. The van der Waals surface area contributed by atoms with Crippen molar-refractivity contribution in [2.24, 2.45) is 0 Å². The van der Waals surface area contributed by atoms with Crippen molar-refractivity contribution < 1.29 is 75.2 Å². The van der Waals surface area contributed by atoms with Gasteiger partial charge in [0.05, 0.1) is 0 Å². The van der Waals surface area contributed by atoms with Crippen LogP contribution < -0.4 is 51.4 Å². The van der Waals surface area contributed by atoms with E-state index in [2.05, 4.69) is 37.9 Å². The average Bonchev–Trinajstić information content (AvgIpc) is 1.70. The van der Waals surface area contributed by atoms with E-state index in [-0.39, 0.29) is 75.2 Å². The minimum atomic E-state index is 0. The molecule has 0 atom stereocenters. The van der Waals surface area contributed by atoms with E-state index in [1.807, 2.05) is 0 Å². The van der Waals surface area contributed by atoms with Crippen LogP contribution in [0.25, 0.3) is 0 Å². The Morgan fingerprint density at radius 3 is 0.818 bits per heavy atom. The molecule has 61 valence electrons. The van der Waals surface area contributed by atoms with Gasteiger partial charge in [0.1, 0.15) is 16.2 Å².